The summed E-state index contributed by atoms with van der Waals surface area (Å²) in [6, 6.07) is 82.9. The predicted octanol–water partition coefficient (Wildman–Crippen LogP) is 15.6. The number of rotatable bonds is 6. The van der Waals surface area contributed by atoms with E-state index in [4.69, 9.17) is 9.97 Å². The van der Waals surface area contributed by atoms with Crippen LogP contribution < -0.4 is 0 Å². The van der Waals surface area contributed by atoms with E-state index in [0.717, 1.165) is 56.0 Å². The molecule has 4 nitrogen and oxygen atoms in total. The highest BCUT2D eigenvalue weighted by atomic mass is 15.0. The van der Waals surface area contributed by atoms with Crippen molar-refractivity contribution in [1.82, 2.24) is 19.1 Å². The topological polar surface area (TPSA) is 35.6 Å². The average Bonchev–Trinajstić information content (AvgIpc) is 3.88. The summed E-state index contributed by atoms with van der Waals surface area (Å²) in [5.41, 5.74) is 14.1. The molecule has 0 unspecified atom stereocenters. The number of hydrogen-bond acceptors (Lipinski definition) is 2. The Morgan fingerprint density at radius 1 is 0.250 bits per heavy atom. The summed E-state index contributed by atoms with van der Waals surface area (Å²) < 4.78 is 4.77. The van der Waals surface area contributed by atoms with E-state index in [2.05, 4.69) is 240 Å². The molecule has 10 aromatic carbocycles. The summed E-state index contributed by atoms with van der Waals surface area (Å²) in [7, 11) is 0. The van der Waals surface area contributed by atoms with Gasteiger partial charge in [-0.15, -0.1) is 0 Å². The molecule has 0 atom stereocenters. The van der Waals surface area contributed by atoms with Crippen molar-refractivity contribution in [3.63, 3.8) is 0 Å². The molecule has 0 N–H and O–H groups in total. The molecular weight excluding hydrogens is 777 g/mol. The molecule has 3 heterocycles. The summed E-state index contributed by atoms with van der Waals surface area (Å²) in [5, 5.41) is 9.66. The van der Waals surface area contributed by atoms with Crippen LogP contribution in [0.15, 0.2) is 231 Å². The molecule has 0 radical (unpaired) electrons. The van der Waals surface area contributed by atoms with Crippen LogP contribution in [0.3, 0.4) is 0 Å². The third kappa shape index (κ3) is 5.92. The van der Waals surface area contributed by atoms with E-state index in [1.165, 1.54) is 59.7 Å². The first kappa shape index (κ1) is 36.1. The number of aromatic nitrogens is 4. The van der Waals surface area contributed by atoms with Gasteiger partial charge in [-0.1, -0.05) is 158 Å². The molecule has 0 aliphatic heterocycles. The fourth-order valence-electron chi connectivity index (χ4n) is 9.79. The van der Waals surface area contributed by atoms with Gasteiger partial charge in [-0.05, 0) is 105 Å². The lowest BCUT2D eigenvalue weighted by atomic mass is 10.0. The molecule has 4 heteroatoms. The third-order valence-corrected chi connectivity index (χ3v) is 12.9. The summed E-state index contributed by atoms with van der Waals surface area (Å²) in [6.45, 7) is 0. The van der Waals surface area contributed by atoms with Gasteiger partial charge in [-0.25, -0.2) is 9.97 Å². The molecule has 0 saturated carbocycles. The van der Waals surface area contributed by atoms with Gasteiger partial charge in [0.1, 0.15) is 0 Å². The summed E-state index contributed by atoms with van der Waals surface area (Å²) in [4.78, 5) is 10.6. The fraction of sp³-hybridized carbons (Fsp3) is 0. The lowest BCUT2D eigenvalue weighted by Gasteiger charge is -2.13. The highest BCUT2D eigenvalue weighted by molar-refractivity contribution is 6.12. The SMILES string of the molecule is c1ccc(-n2c3ccccc3c3cc(-c4ccc5c6ccccc6n(-c6cccc(-c7nc(-c8ccc9ccccc9c8)cc(-c8ccc9ccccc9c8)n7)c6)c5c4)ccc32)cc1. The van der Waals surface area contributed by atoms with E-state index in [-0.39, 0.29) is 0 Å². The molecule has 0 spiro atoms. The lowest BCUT2D eigenvalue weighted by Crippen LogP contribution is -1.98. The zero-order valence-electron chi connectivity index (χ0n) is 34.7. The van der Waals surface area contributed by atoms with Crippen molar-refractivity contribution < 1.29 is 0 Å². The maximum Gasteiger partial charge on any atom is 0.160 e. The first-order valence-corrected chi connectivity index (χ1v) is 21.8. The molecule has 13 rings (SSSR count). The van der Waals surface area contributed by atoms with Gasteiger partial charge in [0, 0.05) is 49.6 Å². The van der Waals surface area contributed by atoms with Gasteiger partial charge in [0.25, 0.3) is 0 Å². The van der Waals surface area contributed by atoms with Gasteiger partial charge in [0.15, 0.2) is 5.82 Å². The Kier molecular flexibility index (Phi) is 8.18. The maximum absolute atomic E-state index is 5.31. The van der Waals surface area contributed by atoms with E-state index >= 15 is 0 Å². The van der Waals surface area contributed by atoms with Gasteiger partial charge in [0.2, 0.25) is 0 Å². The Bertz CT molecular complexity index is 3870. The Morgan fingerprint density at radius 2 is 0.750 bits per heavy atom. The molecule has 298 valence electrons. The standard InChI is InChI=1S/C60H38N4/c1-2-18-48(19-3-1)63-57-24-11-9-22-51(57)53-36-43(30-32-58(53)63)44-29-31-52-50-21-8-10-23-56(50)64(59(52)37-44)49-20-12-17-47(35-49)60-61-54(45-27-25-39-13-4-6-15-41(39)33-45)38-55(62-60)46-28-26-40-14-5-7-16-42(40)34-46/h1-38H. The minimum Gasteiger partial charge on any atom is -0.309 e. The Hall–Kier alpha value is -8.60. The van der Waals surface area contributed by atoms with Gasteiger partial charge in [-0.2, -0.15) is 0 Å². The quantitative estimate of drug-likeness (QED) is 0.168. The van der Waals surface area contributed by atoms with Crippen molar-refractivity contribution in [3.05, 3.63) is 231 Å². The van der Waals surface area contributed by atoms with Crippen molar-refractivity contribution in [1.29, 1.82) is 0 Å². The largest absolute Gasteiger partial charge is 0.309 e. The highest BCUT2D eigenvalue weighted by Gasteiger charge is 2.18. The Labute approximate surface area is 369 Å². The van der Waals surface area contributed by atoms with E-state index in [0.29, 0.717) is 5.82 Å². The van der Waals surface area contributed by atoms with Crippen LogP contribution in [0.5, 0.6) is 0 Å². The van der Waals surface area contributed by atoms with E-state index < -0.39 is 0 Å². The molecule has 0 amide bonds. The van der Waals surface area contributed by atoms with Crippen LogP contribution in [0.4, 0.5) is 0 Å². The number of benzene rings is 10. The lowest BCUT2D eigenvalue weighted by molar-refractivity contribution is 1.16. The molecule has 64 heavy (non-hydrogen) atoms. The zero-order chi connectivity index (χ0) is 42.1. The smallest absolute Gasteiger partial charge is 0.160 e. The number of nitrogens with zero attached hydrogens (tertiary/aromatic N) is 4. The van der Waals surface area contributed by atoms with Gasteiger partial charge >= 0.3 is 0 Å². The van der Waals surface area contributed by atoms with Gasteiger partial charge in [-0.3, -0.25) is 0 Å². The number of hydrogen-bond donors (Lipinski definition) is 0. The minimum atomic E-state index is 0.681. The summed E-state index contributed by atoms with van der Waals surface area (Å²) >= 11 is 0. The molecule has 0 aliphatic carbocycles. The van der Waals surface area contributed by atoms with Crippen LogP contribution in [0.2, 0.25) is 0 Å². The van der Waals surface area contributed by atoms with Gasteiger partial charge in [0.05, 0.1) is 33.5 Å². The minimum absolute atomic E-state index is 0.681. The van der Waals surface area contributed by atoms with Crippen LogP contribution in [0.1, 0.15) is 0 Å². The van der Waals surface area contributed by atoms with Crippen molar-refractivity contribution in [2.45, 2.75) is 0 Å². The normalized spacial score (nSPS) is 11.8. The number of para-hydroxylation sites is 3. The van der Waals surface area contributed by atoms with Crippen LogP contribution in [0, 0.1) is 0 Å². The highest BCUT2D eigenvalue weighted by Crippen LogP contribution is 2.39. The second-order valence-electron chi connectivity index (χ2n) is 16.6. The van der Waals surface area contributed by atoms with Crippen LogP contribution in [0.25, 0.3) is 122 Å². The predicted molar refractivity (Wildman–Crippen MR) is 267 cm³/mol. The van der Waals surface area contributed by atoms with E-state index in [1.54, 1.807) is 0 Å². The van der Waals surface area contributed by atoms with Crippen molar-refractivity contribution in [3.8, 4) is 56.4 Å². The Morgan fingerprint density at radius 3 is 1.44 bits per heavy atom. The molecule has 0 aliphatic rings. The molecular formula is C60H38N4. The van der Waals surface area contributed by atoms with Crippen molar-refractivity contribution in [2.24, 2.45) is 0 Å². The van der Waals surface area contributed by atoms with Gasteiger partial charge < -0.3 is 9.13 Å². The van der Waals surface area contributed by atoms with Crippen LogP contribution in [-0.4, -0.2) is 19.1 Å². The first-order chi connectivity index (χ1) is 31.7. The molecule has 3 aromatic heterocycles. The molecule has 0 saturated heterocycles. The van der Waals surface area contributed by atoms with E-state index in [9.17, 15) is 0 Å². The zero-order valence-corrected chi connectivity index (χ0v) is 34.7. The monoisotopic (exact) mass is 814 g/mol. The van der Waals surface area contributed by atoms with Crippen molar-refractivity contribution in [2.75, 3.05) is 0 Å². The first-order valence-electron chi connectivity index (χ1n) is 21.8. The molecule has 0 bridgehead atoms. The average molecular weight is 815 g/mol. The maximum atomic E-state index is 5.31. The van der Waals surface area contributed by atoms with Crippen LogP contribution >= 0.6 is 0 Å². The number of fused-ring (bicyclic) bond motifs is 8. The second-order valence-corrected chi connectivity index (χ2v) is 16.6. The fourth-order valence-corrected chi connectivity index (χ4v) is 9.79. The Balaban J connectivity index is 0.970. The summed E-state index contributed by atoms with van der Waals surface area (Å²) in [5.74, 6) is 0.681. The van der Waals surface area contributed by atoms with Crippen LogP contribution in [-0.2, 0) is 0 Å². The van der Waals surface area contributed by atoms with Crippen molar-refractivity contribution >= 4 is 65.2 Å². The van der Waals surface area contributed by atoms with E-state index in [1.807, 2.05) is 0 Å². The summed E-state index contributed by atoms with van der Waals surface area (Å²) in [6.07, 6.45) is 0. The molecule has 0 fully saturated rings. The second kappa shape index (κ2) is 14.5. The third-order valence-electron chi connectivity index (χ3n) is 12.9. The molecule has 13 aromatic rings.